The summed E-state index contributed by atoms with van der Waals surface area (Å²) in [5.74, 6) is 3.43. The zero-order valence-electron chi connectivity index (χ0n) is 12.3. The van der Waals surface area contributed by atoms with Gasteiger partial charge >= 0.3 is 0 Å². The maximum atomic E-state index is 12.0. The summed E-state index contributed by atoms with van der Waals surface area (Å²) >= 11 is 0. The molecule has 1 aromatic rings. The summed E-state index contributed by atoms with van der Waals surface area (Å²) in [4.78, 5) is 16.1. The summed E-state index contributed by atoms with van der Waals surface area (Å²) in [6, 6.07) is 7.96. The van der Waals surface area contributed by atoms with Gasteiger partial charge in [0.1, 0.15) is 5.75 Å². The average Bonchev–Trinajstić information content (AvgIpc) is 2.55. The molecular weight excluding hydrogens is 266 g/mol. The maximum Gasteiger partial charge on any atom is 0.236 e. The number of amides is 1. The number of rotatable bonds is 5. The molecule has 1 amide bonds. The Kier molecular flexibility index (Phi) is 5.47. The second-order valence-corrected chi connectivity index (χ2v) is 4.85. The molecule has 1 aromatic carbocycles. The molecule has 1 saturated heterocycles. The summed E-state index contributed by atoms with van der Waals surface area (Å²) in [6.45, 7) is 3.78. The first-order chi connectivity index (χ1) is 10.3. The van der Waals surface area contributed by atoms with E-state index >= 15 is 0 Å². The lowest BCUT2D eigenvalue weighted by Crippen LogP contribution is -2.51. The Morgan fingerprint density at radius 3 is 2.71 bits per heavy atom. The lowest BCUT2D eigenvalue weighted by atomic mass is 10.2. The highest BCUT2D eigenvalue weighted by Gasteiger charge is 2.22. The summed E-state index contributed by atoms with van der Waals surface area (Å²) in [7, 11) is 1.68. The van der Waals surface area contributed by atoms with E-state index in [1.807, 2.05) is 29.2 Å². The van der Waals surface area contributed by atoms with Gasteiger partial charge in [0, 0.05) is 26.2 Å². The third-order valence-corrected chi connectivity index (χ3v) is 3.56. The van der Waals surface area contributed by atoms with Crippen LogP contribution in [0.25, 0.3) is 0 Å². The highest BCUT2D eigenvalue weighted by atomic mass is 16.5. The molecule has 1 heterocycles. The van der Waals surface area contributed by atoms with Crippen molar-refractivity contribution in [3.05, 3.63) is 24.3 Å². The summed E-state index contributed by atoms with van der Waals surface area (Å²) < 4.78 is 5.39. The molecule has 0 radical (unpaired) electrons. The van der Waals surface area contributed by atoms with Gasteiger partial charge < -0.3 is 14.5 Å². The Morgan fingerprint density at radius 2 is 2.05 bits per heavy atom. The SMILES string of the molecule is C#CCNCC(=O)N1CCN(c2ccccc2OC)CC1. The standard InChI is InChI=1S/C16H21N3O2/c1-3-8-17-13-16(20)19-11-9-18(10-12-19)14-6-4-5-7-15(14)21-2/h1,4-7,17H,8-13H2,2H3. The van der Waals surface area contributed by atoms with E-state index in [9.17, 15) is 4.79 Å². The van der Waals surface area contributed by atoms with Crippen molar-refractivity contribution in [2.45, 2.75) is 0 Å². The smallest absolute Gasteiger partial charge is 0.236 e. The van der Waals surface area contributed by atoms with Crippen LogP contribution in [0.5, 0.6) is 5.75 Å². The number of carbonyl (C=O) groups excluding carboxylic acids is 1. The average molecular weight is 287 g/mol. The number of benzene rings is 1. The molecule has 21 heavy (non-hydrogen) atoms. The zero-order valence-corrected chi connectivity index (χ0v) is 12.3. The third-order valence-electron chi connectivity index (χ3n) is 3.56. The number of carbonyl (C=O) groups is 1. The van der Waals surface area contributed by atoms with Crippen molar-refractivity contribution in [3.8, 4) is 18.1 Å². The molecule has 0 aromatic heterocycles. The second kappa shape index (κ2) is 7.55. The second-order valence-electron chi connectivity index (χ2n) is 4.85. The molecule has 5 heteroatoms. The fraction of sp³-hybridized carbons (Fsp3) is 0.438. The molecule has 1 aliphatic rings. The van der Waals surface area contributed by atoms with Crippen molar-refractivity contribution in [3.63, 3.8) is 0 Å². The molecular formula is C16H21N3O2. The van der Waals surface area contributed by atoms with E-state index in [2.05, 4.69) is 16.1 Å². The molecule has 0 saturated carbocycles. The molecule has 1 aliphatic heterocycles. The van der Waals surface area contributed by atoms with Gasteiger partial charge in [-0.15, -0.1) is 6.42 Å². The highest BCUT2D eigenvalue weighted by molar-refractivity contribution is 5.78. The van der Waals surface area contributed by atoms with E-state index in [1.165, 1.54) is 0 Å². The fourth-order valence-electron chi connectivity index (χ4n) is 2.44. The van der Waals surface area contributed by atoms with Gasteiger partial charge in [-0.05, 0) is 12.1 Å². The summed E-state index contributed by atoms with van der Waals surface area (Å²) in [6.07, 6.45) is 5.15. The van der Waals surface area contributed by atoms with Crippen LogP contribution in [0.2, 0.25) is 0 Å². The Labute approximate surface area is 125 Å². The largest absolute Gasteiger partial charge is 0.495 e. The van der Waals surface area contributed by atoms with Crippen molar-refractivity contribution in [2.24, 2.45) is 0 Å². The van der Waals surface area contributed by atoms with Gasteiger partial charge in [0.15, 0.2) is 0 Å². The number of terminal acetylenes is 1. The Balaban J connectivity index is 1.88. The summed E-state index contributed by atoms with van der Waals surface area (Å²) in [5.41, 5.74) is 1.08. The van der Waals surface area contributed by atoms with E-state index < -0.39 is 0 Å². The van der Waals surface area contributed by atoms with Crippen molar-refractivity contribution >= 4 is 11.6 Å². The molecule has 0 aliphatic carbocycles. The van der Waals surface area contributed by atoms with Gasteiger partial charge in [0.05, 0.1) is 25.9 Å². The van der Waals surface area contributed by atoms with Crippen LogP contribution >= 0.6 is 0 Å². The predicted octanol–water partition coefficient (Wildman–Crippen LogP) is 0.567. The first-order valence-electron chi connectivity index (χ1n) is 7.06. The Hall–Kier alpha value is -2.19. The van der Waals surface area contributed by atoms with Crippen LogP contribution in [0.3, 0.4) is 0 Å². The van der Waals surface area contributed by atoms with Crippen molar-refractivity contribution in [1.29, 1.82) is 0 Å². The molecule has 0 unspecified atom stereocenters. The minimum atomic E-state index is 0.102. The quantitative estimate of drug-likeness (QED) is 0.635. The molecule has 0 spiro atoms. The molecule has 0 atom stereocenters. The van der Waals surface area contributed by atoms with Gasteiger partial charge in [0.2, 0.25) is 5.91 Å². The Bertz CT molecular complexity index is 516. The van der Waals surface area contributed by atoms with Gasteiger partial charge in [-0.3, -0.25) is 10.1 Å². The normalized spacial score (nSPS) is 14.7. The number of ether oxygens (including phenoxy) is 1. The first kappa shape index (κ1) is 15.2. The highest BCUT2D eigenvalue weighted by Crippen LogP contribution is 2.28. The van der Waals surface area contributed by atoms with Crippen LogP contribution < -0.4 is 15.0 Å². The van der Waals surface area contributed by atoms with Gasteiger partial charge in [-0.2, -0.15) is 0 Å². The molecule has 2 rings (SSSR count). The van der Waals surface area contributed by atoms with Crippen molar-refractivity contribution < 1.29 is 9.53 Å². The van der Waals surface area contributed by atoms with Crippen molar-refractivity contribution in [2.75, 3.05) is 51.3 Å². The first-order valence-corrected chi connectivity index (χ1v) is 7.06. The number of para-hydroxylation sites is 2. The minimum absolute atomic E-state index is 0.102. The molecule has 1 N–H and O–H groups in total. The fourth-order valence-corrected chi connectivity index (χ4v) is 2.44. The van der Waals surface area contributed by atoms with Crippen LogP contribution in [-0.4, -0.2) is 57.2 Å². The van der Waals surface area contributed by atoms with E-state index in [-0.39, 0.29) is 5.91 Å². The Morgan fingerprint density at radius 1 is 1.33 bits per heavy atom. The third kappa shape index (κ3) is 3.89. The van der Waals surface area contributed by atoms with E-state index in [0.717, 1.165) is 24.5 Å². The van der Waals surface area contributed by atoms with Gasteiger partial charge in [-0.1, -0.05) is 18.1 Å². The lowest BCUT2D eigenvalue weighted by Gasteiger charge is -2.36. The van der Waals surface area contributed by atoms with Gasteiger partial charge in [0.25, 0.3) is 0 Å². The summed E-state index contributed by atoms with van der Waals surface area (Å²) in [5, 5.41) is 2.93. The monoisotopic (exact) mass is 287 g/mol. The molecule has 112 valence electrons. The molecule has 5 nitrogen and oxygen atoms in total. The topological polar surface area (TPSA) is 44.8 Å². The van der Waals surface area contributed by atoms with Gasteiger partial charge in [-0.25, -0.2) is 0 Å². The zero-order chi connectivity index (χ0) is 15.1. The number of anilines is 1. The maximum absolute atomic E-state index is 12.0. The number of nitrogens with one attached hydrogen (secondary N) is 1. The predicted molar refractivity (Wildman–Crippen MR) is 83.5 cm³/mol. The molecule has 0 bridgehead atoms. The number of methoxy groups -OCH3 is 1. The number of nitrogens with zero attached hydrogens (tertiary/aromatic N) is 2. The van der Waals surface area contributed by atoms with Crippen LogP contribution in [0, 0.1) is 12.3 Å². The van der Waals surface area contributed by atoms with E-state index in [0.29, 0.717) is 26.2 Å². The lowest BCUT2D eigenvalue weighted by molar-refractivity contribution is -0.130. The minimum Gasteiger partial charge on any atom is -0.495 e. The van der Waals surface area contributed by atoms with E-state index in [4.69, 9.17) is 11.2 Å². The number of hydrogen-bond donors (Lipinski definition) is 1. The molecule has 1 fully saturated rings. The van der Waals surface area contributed by atoms with Crippen molar-refractivity contribution in [1.82, 2.24) is 10.2 Å². The van der Waals surface area contributed by atoms with E-state index in [1.54, 1.807) is 7.11 Å². The van der Waals surface area contributed by atoms with Crippen LogP contribution in [0.15, 0.2) is 24.3 Å². The van der Waals surface area contributed by atoms with Crippen LogP contribution in [0.4, 0.5) is 5.69 Å². The number of hydrogen-bond acceptors (Lipinski definition) is 4. The van der Waals surface area contributed by atoms with Crippen LogP contribution in [-0.2, 0) is 4.79 Å². The number of piperazine rings is 1. The van der Waals surface area contributed by atoms with Crippen LogP contribution in [0.1, 0.15) is 0 Å².